The van der Waals surface area contributed by atoms with Gasteiger partial charge < -0.3 is 10.1 Å². The summed E-state index contributed by atoms with van der Waals surface area (Å²) in [6, 6.07) is 9.70. The van der Waals surface area contributed by atoms with Gasteiger partial charge in [-0.15, -0.1) is 0 Å². The van der Waals surface area contributed by atoms with Gasteiger partial charge in [0.25, 0.3) is 0 Å². The number of fused-ring (bicyclic) bond motifs is 1. The average molecular weight is 242 g/mol. The van der Waals surface area contributed by atoms with Crippen LogP contribution < -0.4 is 0 Å². The Balaban J connectivity index is 2.22. The first-order valence-corrected chi connectivity index (χ1v) is 5.59. The maximum atomic E-state index is 13.8. The van der Waals surface area contributed by atoms with Crippen LogP contribution >= 0.6 is 0 Å². The van der Waals surface area contributed by atoms with Gasteiger partial charge in [0.2, 0.25) is 0 Å². The van der Waals surface area contributed by atoms with E-state index in [1.54, 1.807) is 30.3 Å². The molecule has 0 atom stereocenters. The first-order valence-electron chi connectivity index (χ1n) is 5.59. The van der Waals surface area contributed by atoms with Crippen molar-refractivity contribution in [2.45, 2.75) is 6.92 Å². The Labute approximate surface area is 103 Å². The third-order valence-electron chi connectivity index (χ3n) is 2.84. The molecule has 0 saturated heterocycles. The van der Waals surface area contributed by atoms with Gasteiger partial charge in [-0.05, 0) is 31.2 Å². The van der Waals surface area contributed by atoms with Crippen LogP contribution in [0, 0.1) is 12.7 Å². The minimum Gasteiger partial charge on any atom is -0.508 e. The Hall–Kier alpha value is -2.36. The molecule has 0 unspecified atom stereocenters. The van der Waals surface area contributed by atoms with E-state index in [1.807, 2.05) is 6.92 Å². The zero-order valence-corrected chi connectivity index (χ0v) is 9.74. The lowest BCUT2D eigenvalue weighted by Crippen LogP contribution is -1.87. The molecule has 3 nitrogen and oxygen atoms in total. The predicted octanol–water partition coefficient (Wildman–Crippen LogP) is 3.38. The molecule has 1 heterocycles. The van der Waals surface area contributed by atoms with Crippen molar-refractivity contribution in [2.75, 3.05) is 0 Å². The van der Waals surface area contributed by atoms with Crippen LogP contribution in [0.15, 0.2) is 36.4 Å². The highest BCUT2D eigenvalue weighted by Crippen LogP contribution is 2.25. The normalized spacial score (nSPS) is 11.0. The van der Waals surface area contributed by atoms with Gasteiger partial charge in [-0.1, -0.05) is 11.6 Å². The highest BCUT2D eigenvalue weighted by atomic mass is 19.1. The van der Waals surface area contributed by atoms with E-state index in [-0.39, 0.29) is 11.6 Å². The van der Waals surface area contributed by atoms with Crippen LogP contribution in [0.5, 0.6) is 5.75 Å². The van der Waals surface area contributed by atoms with Crippen molar-refractivity contribution < 1.29 is 9.50 Å². The van der Waals surface area contributed by atoms with Crippen LogP contribution in [0.25, 0.3) is 22.4 Å². The number of hydrogen-bond donors (Lipinski definition) is 2. The predicted molar refractivity (Wildman–Crippen MR) is 67.9 cm³/mol. The van der Waals surface area contributed by atoms with E-state index < -0.39 is 0 Å². The smallest absolute Gasteiger partial charge is 0.141 e. The number of halogens is 1. The molecule has 2 N–H and O–H groups in total. The molecule has 3 aromatic rings. The molecule has 90 valence electrons. The summed E-state index contributed by atoms with van der Waals surface area (Å²) in [5, 5.41) is 9.39. The minimum absolute atomic E-state index is 0.155. The molecule has 18 heavy (non-hydrogen) atoms. The molecule has 1 aromatic heterocycles. The Morgan fingerprint density at radius 1 is 1.17 bits per heavy atom. The average Bonchev–Trinajstić information content (AvgIpc) is 2.74. The molecule has 0 aliphatic heterocycles. The Morgan fingerprint density at radius 2 is 2.00 bits per heavy atom. The second-order valence-corrected chi connectivity index (χ2v) is 4.27. The first-order chi connectivity index (χ1) is 8.63. The largest absolute Gasteiger partial charge is 0.508 e. The lowest BCUT2D eigenvalue weighted by atomic mass is 10.1. The molecule has 4 heteroatoms. The number of benzene rings is 2. The second kappa shape index (κ2) is 3.84. The van der Waals surface area contributed by atoms with Gasteiger partial charge in [-0.25, -0.2) is 9.37 Å². The van der Waals surface area contributed by atoms with Crippen LogP contribution in [0.3, 0.4) is 0 Å². The first kappa shape index (κ1) is 10.8. The summed E-state index contributed by atoms with van der Waals surface area (Å²) in [6.45, 7) is 1.90. The van der Waals surface area contributed by atoms with E-state index in [0.717, 1.165) is 5.56 Å². The van der Waals surface area contributed by atoms with Crippen LogP contribution in [-0.2, 0) is 0 Å². The SMILES string of the molecule is Cc1ccc(F)c(-c2nc3ccc(O)cc3[nH]2)c1. The number of nitrogens with zero attached hydrogens (tertiary/aromatic N) is 1. The molecule has 0 aliphatic rings. The number of aromatic amines is 1. The molecule has 0 radical (unpaired) electrons. The fraction of sp³-hybridized carbons (Fsp3) is 0.0714. The fourth-order valence-electron chi connectivity index (χ4n) is 1.95. The minimum atomic E-state index is -0.316. The summed E-state index contributed by atoms with van der Waals surface area (Å²) in [5.74, 6) is 0.308. The number of aromatic nitrogens is 2. The Kier molecular flexibility index (Phi) is 2.30. The second-order valence-electron chi connectivity index (χ2n) is 4.27. The summed E-state index contributed by atoms with van der Waals surface area (Å²) in [4.78, 5) is 7.33. The van der Waals surface area contributed by atoms with Gasteiger partial charge >= 0.3 is 0 Å². The fourth-order valence-corrected chi connectivity index (χ4v) is 1.95. The molecule has 2 aromatic carbocycles. The van der Waals surface area contributed by atoms with Crippen molar-refractivity contribution in [3.05, 3.63) is 47.8 Å². The topological polar surface area (TPSA) is 48.9 Å². The molecule has 0 amide bonds. The van der Waals surface area contributed by atoms with Gasteiger partial charge in [0.1, 0.15) is 17.4 Å². The van der Waals surface area contributed by atoms with Crippen molar-refractivity contribution in [3.63, 3.8) is 0 Å². The lowest BCUT2D eigenvalue weighted by molar-refractivity contribution is 0.476. The van der Waals surface area contributed by atoms with E-state index in [4.69, 9.17) is 0 Å². The summed E-state index contributed by atoms with van der Waals surface area (Å²) >= 11 is 0. The van der Waals surface area contributed by atoms with Crippen LogP contribution in [-0.4, -0.2) is 15.1 Å². The molecule has 0 aliphatic carbocycles. The number of rotatable bonds is 1. The van der Waals surface area contributed by atoms with Crippen LogP contribution in [0.4, 0.5) is 4.39 Å². The van der Waals surface area contributed by atoms with E-state index in [2.05, 4.69) is 9.97 Å². The van der Waals surface area contributed by atoms with Gasteiger partial charge in [-0.2, -0.15) is 0 Å². The van der Waals surface area contributed by atoms with Crippen molar-refractivity contribution >= 4 is 11.0 Å². The third-order valence-corrected chi connectivity index (χ3v) is 2.84. The van der Waals surface area contributed by atoms with E-state index >= 15 is 0 Å². The van der Waals surface area contributed by atoms with Gasteiger partial charge in [0, 0.05) is 6.07 Å². The monoisotopic (exact) mass is 242 g/mol. The van der Waals surface area contributed by atoms with Crippen LogP contribution in [0.1, 0.15) is 5.56 Å². The van der Waals surface area contributed by atoms with Crippen molar-refractivity contribution in [1.82, 2.24) is 9.97 Å². The lowest BCUT2D eigenvalue weighted by Gasteiger charge is -2.00. The number of phenolic OH excluding ortho intramolecular Hbond substituents is 1. The van der Waals surface area contributed by atoms with E-state index in [9.17, 15) is 9.50 Å². The number of phenols is 1. The number of imidazole rings is 1. The molecule has 0 spiro atoms. The maximum Gasteiger partial charge on any atom is 0.141 e. The molecule has 0 bridgehead atoms. The summed E-state index contributed by atoms with van der Waals surface area (Å²) in [6.07, 6.45) is 0. The molecule has 0 saturated carbocycles. The zero-order valence-electron chi connectivity index (χ0n) is 9.74. The molecular formula is C14H11FN2O. The molecule has 0 fully saturated rings. The highest BCUT2D eigenvalue weighted by molar-refractivity contribution is 5.80. The van der Waals surface area contributed by atoms with Crippen molar-refractivity contribution in [2.24, 2.45) is 0 Å². The summed E-state index contributed by atoms with van der Waals surface area (Å²) < 4.78 is 13.8. The molecular weight excluding hydrogens is 231 g/mol. The maximum absolute atomic E-state index is 13.8. The number of hydrogen-bond acceptors (Lipinski definition) is 2. The third kappa shape index (κ3) is 1.72. The van der Waals surface area contributed by atoms with Gasteiger partial charge in [-0.3, -0.25) is 0 Å². The summed E-state index contributed by atoms with van der Waals surface area (Å²) in [5.41, 5.74) is 2.79. The quantitative estimate of drug-likeness (QED) is 0.687. The molecule has 3 rings (SSSR count). The zero-order chi connectivity index (χ0) is 12.7. The van der Waals surface area contributed by atoms with Gasteiger partial charge in [0.05, 0.1) is 16.6 Å². The van der Waals surface area contributed by atoms with Crippen molar-refractivity contribution in [3.8, 4) is 17.1 Å². The number of H-pyrrole nitrogens is 1. The number of nitrogens with one attached hydrogen (secondary N) is 1. The number of aromatic hydroxyl groups is 1. The van der Waals surface area contributed by atoms with Crippen LogP contribution in [0.2, 0.25) is 0 Å². The van der Waals surface area contributed by atoms with E-state index in [0.29, 0.717) is 22.4 Å². The standard InChI is InChI=1S/C14H11FN2O/c1-8-2-4-11(15)10(6-8)14-16-12-5-3-9(18)7-13(12)17-14/h2-7,18H,1H3,(H,16,17). The Morgan fingerprint density at radius 3 is 2.83 bits per heavy atom. The highest BCUT2D eigenvalue weighted by Gasteiger charge is 2.10. The van der Waals surface area contributed by atoms with Crippen molar-refractivity contribution in [1.29, 1.82) is 0 Å². The van der Waals surface area contributed by atoms with Gasteiger partial charge in [0.15, 0.2) is 0 Å². The number of aryl methyl sites for hydroxylation is 1. The Bertz CT molecular complexity index is 734. The summed E-state index contributed by atoms with van der Waals surface area (Å²) in [7, 11) is 0. The van der Waals surface area contributed by atoms with E-state index in [1.165, 1.54) is 6.07 Å².